The van der Waals surface area contributed by atoms with Crippen LogP contribution in [0.15, 0.2) is 10.7 Å². The maximum Gasteiger partial charge on any atom is 0.102 e. The number of hydrogen-bond acceptors (Lipinski definition) is 2. The molecular formula is C10H17BrN2O. The molecule has 0 fully saturated rings. The van der Waals surface area contributed by atoms with E-state index < -0.39 is 0 Å². The van der Waals surface area contributed by atoms with Gasteiger partial charge >= 0.3 is 0 Å². The first-order chi connectivity index (χ1) is 6.77. The number of ether oxygens (including phenoxy) is 1. The molecule has 80 valence electrons. The molecule has 1 rings (SSSR count). The van der Waals surface area contributed by atoms with E-state index in [1.807, 2.05) is 10.9 Å². The normalized spacial score (nSPS) is 10.8. The largest absolute Gasteiger partial charge is 0.375 e. The van der Waals surface area contributed by atoms with Gasteiger partial charge in [-0.25, -0.2) is 0 Å². The van der Waals surface area contributed by atoms with Gasteiger partial charge < -0.3 is 4.74 Å². The lowest BCUT2D eigenvalue weighted by Crippen LogP contribution is -2.00. The lowest BCUT2D eigenvalue weighted by molar-refractivity contribution is 0.118. The Labute approximate surface area is 93.6 Å². The number of halogens is 1. The molecule has 1 aromatic heterocycles. The van der Waals surface area contributed by atoms with Gasteiger partial charge in [0.1, 0.15) is 5.69 Å². The van der Waals surface area contributed by atoms with Crippen molar-refractivity contribution >= 4 is 15.9 Å². The van der Waals surface area contributed by atoms with Crippen molar-refractivity contribution in [3.8, 4) is 0 Å². The van der Waals surface area contributed by atoms with Crippen LogP contribution < -0.4 is 0 Å². The van der Waals surface area contributed by atoms with Crippen LogP contribution in [0, 0.1) is 0 Å². The van der Waals surface area contributed by atoms with Crippen molar-refractivity contribution in [2.45, 2.75) is 39.8 Å². The number of hydrogen-bond donors (Lipinski definition) is 0. The summed E-state index contributed by atoms with van der Waals surface area (Å²) in [5.74, 6) is 0. The molecule has 1 heterocycles. The van der Waals surface area contributed by atoms with Gasteiger partial charge in [-0.1, -0.05) is 13.8 Å². The zero-order chi connectivity index (χ0) is 10.4. The zero-order valence-electron chi connectivity index (χ0n) is 8.79. The number of rotatable bonds is 6. The molecule has 0 saturated carbocycles. The average Bonchev–Trinajstić information content (AvgIpc) is 2.48. The molecular weight excluding hydrogens is 244 g/mol. The highest BCUT2D eigenvalue weighted by molar-refractivity contribution is 9.10. The average molecular weight is 261 g/mol. The van der Waals surface area contributed by atoms with Crippen molar-refractivity contribution in [3.05, 3.63) is 16.4 Å². The minimum Gasteiger partial charge on any atom is -0.375 e. The third-order valence-electron chi connectivity index (χ3n) is 1.83. The second-order valence-electron chi connectivity index (χ2n) is 3.24. The predicted octanol–water partition coefficient (Wildman–Crippen LogP) is 2.98. The Morgan fingerprint density at radius 2 is 2.21 bits per heavy atom. The Morgan fingerprint density at radius 3 is 2.86 bits per heavy atom. The van der Waals surface area contributed by atoms with Crippen LogP contribution in [0.1, 0.15) is 32.4 Å². The molecule has 0 radical (unpaired) electrons. The Morgan fingerprint density at radius 1 is 1.43 bits per heavy atom. The first-order valence-electron chi connectivity index (χ1n) is 5.07. The molecule has 14 heavy (non-hydrogen) atoms. The lowest BCUT2D eigenvalue weighted by atomic mass is 10.4. The SMILES string of the molecule is CCCOCc1nn(CCC)cc1Br. The molecule has 0 N–H and O–H groups in total. The molecule has 1 aromatic rings. The van der Waals surface area contributed by atoms with Gasteiger partial charge in [-0.15, -0.1) is 0 Å². The van der Waals surface area contributed by atoms with E-state index in [0.29, 0.717) is 6.61 Å². The Hall–Kier alpha value is -0.350. The van der Waals surface area contributed by atoms with E-state index in [-0.39, 0.29) is 0 Å². The topological polar surface area (TPSA) is 27.1 Å². The second-order valence-corrected chi connectivity index (χ2v) is 4.09. The summed E-state index contributed by atoms with van der Waals surface area (Å²) < 4.78 is 8.43. The summed E-state index contributed by atoms with van der Waals surface area (Å²) >= 11 is 3.48. The maximum atomic E-state index is 5.44. The Bertz CT molecular complexity index is 273. The Kier molecular flexibility index (Phi) is 5.19. The van der Waals surface area contributed by atoms with Crippen LogP contribution in [-0.2, 0) is 17.9 Å². The smallest absolute Gasteiger partial charge is 0.102 e. The second kappa shape index (κ2) is 6.19. The van der Waals surface area contributed by atoms with Gasteiger partial charge in [-0.3, -0.25) is 4.68 Å². The maximum absolute atomic E-state index is 5.44. The molecule has 0 aliphatic rings. The minimum absolute atomic E-state index is 0.602. The third kappa shape index (κ3) is 3.42. The molecule has 0 unspecified atom stereocenters. The highest BCUT2D eigenvalue weighted by Gasteiger charge is 2.05. The van der Waals surface area contributed by atoms with Gasteiger partial charge in [0.25, 0.3) is 0 Å². The Balaban J connectivity index is 2.49. The standard InChI is InChI=1S/C10H17BrN2O/c1-3-5-13-7-9(11)10(12-13)8-14-6-4-2/h7H,3-6,8H2,1-2H3. The van der Waals surface area contributed by atoms with Crippen LogP contribution in [0.3, 0.4) is 0 Å². The van der Waals surface area contributed by atoms with E-state index in [9.17, 15) is 0 Å². The van der Waals surface area contributed by atoms with Gasteiger partial charge in [0.2, 0.25) is 0 Å². The minimum atomic E-state index is 0.602. The van der Waals surface area contributed by atoms with Gasteiger partial charge in [0.15, 0.2) is 0 Å². The van der Waals surface area contributed by atoms with Crippen molar-refractivity contribution < 1.29 is 4.74 Å². The van der Waals surface area contributed by atoms with Gasteiger partial charge in [0, 0.05) is 19.3 Å². The van der Waals surface area contributed by atoms with Crippen molar-refractivity contribution in [1.29, 1.82) is 0 Å². The lowest BCUT2D eigenvalue weighted by Gasteiger charge is -1.99. The van der Waals surface area contributed by atoms with E-state index in [2.05, 4.69) is 34.9 Å². The molecule has 0 aromatic carbocycles. The zero-order valence-corrected chi connectivity index (χ0v) is 10.4. The third-order valence-corrected chi connectivity index (χ3v) is 2.49. The van der Waals surface area contributed by atoms with Crippen LogP contribution >= 0.6 is 15.9 Å². The number of aromatic nitrogens is 2. The van der Waals surface area contributed by atoms with E-state index >= 15 is 0 Å². The van der Waals surface area contributed by atoms with Crippen molar-refractivity contribution in [3.63, 3.8) is 0 Å². The summed E-state index contributed by atoms with van der Waals surface area (Å²) in [5.41, 5.74) is 0.993. The highest BCUT2D eigenvalue weighted by atomic mass is 79.9. The fourth-order valence-electron chi connectivity index (χ4n) is 1.19. The quantitative estimate of drug-likeness (QED) is 0.736. The van der Waals surface area contributed by atoms with Gasteiger partial charge in [-0.05, 0) is 28.8 Å². The molecule has 0 atom stereocenters. The van der Waals surface area contributed by atoms with Crippen molar-refractivity contribution in [2.24, 2.45) is 0 Å². The molecule has 0 bridgehead atoms. The monoisotopic (exact) mass is 260 g/mol. The first kappa shape index (κ1) is 11.7. The van der Waals surface area contributed by atoms with Gasteiger partial charge in [-0.2, -0.15) is 5.10 Å². The van der Waals surface area contributed by atoms with E-state index in [1.54, 1.807) is 0 Å². The molecule has 0 amide bonds. The fraction of sp³-hybridized carbons (Fsp3) is 0.700. The van der Waals surface area contributed by atoms with Crippen LogP contribution in [0.25, 0.3) is 0 Å². The van der Waals surface area contributed by atoms with Crippen LogP contribution in [0.2, 0.25) is 0 Å². The highest BCUT2D eigenvalue weighted by Crippen LogP contribution is 2.15. The molecule has 0 spiro atoms. The van der Waals surface area contributed by atoms with Crippen LogP contribution in [-0.4, -0.2) is 16.4 Å². The number of nitrogens with zero attached hydrogens (tertiary/aromatic N) is 2. The molecule has 0 aliphatic heterocycles. The van der Waals surface area contributed by atoms with E-state index in [1.165, 1.54) is 0 Å². The summed E-state index contributed by atoms with van der Waals surface area (Å²) in [5, 5.41) is 4.42. The predicted molar refractivity (Wildman–Crippen MR) is 60.2 cm³/mol. The number of aryl methyl sites for hydroxylation is 1. The molecule has 3 nitrogen and oxygen atoms in total. The fourth-order valence-corrected chi connectivity index (χ4v) is 1.62. The first-order valence-corrected chi connectivity index (χ1v) is 5.86. The molecule has 4 heteroatoms. The summed E-state index contributed by atoms with van der Waals surface area (Å²) in [4.78, 5) is 0. The molecule has 0 saturated heterocycles. The van der Waals surface area contributed by atoms with Crippen LogP contribution in [0.5, 0.6) is 0 Å². The van der Waals surface area contributed by atoms with Crippen LogP contribution in [0.4, 0.5) is 0 Å². The van der Waals surface area contributed by atoms with E-state index in [4.69, 9.17) is 4.74 Å². The molecule has 0 aliphatic carbocycles. The summed E-state index contributed by atoms with van der Waals surface area (Å²) in [6, 6.07) is 0. The summed E-state index contributed by atoms with van der Waals surface area (Å²) in [6.07, 6.45) is 4.16. The van der Waals surface area contributed by atoms with Crippen molar-refractivity contribution in [1.82, 2.24) is 9.78 Å². The van der Waals surface area contributed by atoms with E-state index in [0.717, 1.165) is 36.2 Å². The summed E-state index contributed by atoms with van der Waals surface area (Å²) in [7, 11) is 0. The van der Waals surface area contributed by atoms with Crippen molar-refractivity contribution in [2.75, 3.05) is 6.61 Å². The van der Waals surface area contributed by atoms with Gasteiger partial charge in [0.05, 0.1) is 11.1 Å². The summed E-state index contributed by atoms with van der Waals surface area (Å²) in [6.45, 7) is 6.61.